The number of nitrogens with zero attached hydrogens (tertiary/aromatic N) is 2. The molecule has 0 aromatic rings. The zero-order chi connectivity index (χ0) is 38.4. The molecule has 2 atom stereocenters. The van der Waals surface area contributed by atoms with Crippen LogP contribution < -0.4 is 10.2 Å². The van der Waals surface area contributed by atoms with E-state index >= 15 is 0 Å². The van der Waals surface area contributed by atoms with Crippen LogP contribution in [0.3, 0.4) is 0 Å². The Labute approximate surface area is 323 Å². The Bertz CT molecular complexity index is 1190. The Balaban J connectivity index is 0.000000962. The molecule has 0 aliphatic carbocycles. The molecule has 2 rings (SSSR count). The molecule has 0 bridgehead atoms. The molecule has 2 heterocycles. The van der Waals surface area contributed by atoms with Gasteiger partial charge in [0.25, 0.3) is 11.8 Å². The van der Waals surface area contributed by atoms with E-state index in [-0.39, 0.29) is 107 Å². The Morgan fingerprint density at radius 3 is 1.20 bits per heavy atom. The molecule has 0 aromatic carbocycles. The van der Waals surface area contributed by atoms with E-state index in [9.17, 15) is 39.0 Å². The molecule has 0 radical (unpaired) electrons. The van der Waals surface area contributed by atoms with Crippen LogP contribution in [0.25, 0.3) is 0 Å². The van der Waals surface area contributed by atoms with Crippen LogP contribution in [0.4, 0.5) is 0 Å². The van der Waals surface area contributed by atoms with Crippen LogP contribution in [-0.4, -0.2) is 81.1 Å². The van der Waals surface area contributed by atoms with Gasteiger partial charge in [-0.2, -0.15) is 0 Å². The van der Waals surface area contributed by atoms with Crippen molar-refractivity contribution in [2.45, 2.75) is 159 Å². The van der Waals surface area contributed by atoms with Gasteiger partial charge < -0.3 is 10.2 Å². The number of unbranched alkanes of at least 4 members (excludes halogenated alkanes) is 6. The number of carbonyl (C=O) groups excluding carboxylic acids is 6. The average Bonchev–Trinajstić information content (AvgIpc) is 3.44. The summed E-state index contributed by atoms with van der Waals surface area (Å²) in [5.41, 5.74) is -0.450. The predicted octanol–water partition coefficient (Wildman–Crippen LogP) is 5.56. The molecule has 2 aliphatic heterocycles. The maximum absolute atomic E-state index is 12.4. The van der Waals surface area contributed by atoms with Crippen LogP contribution in [0.1, 0.15) is 159 Å². The summed E-state index contributed by atoms with van der Waals surface area (Å²) in [4.78, 5) is 75.2. The van der Waals surface area contributed by atoms with Gasteiger partial charge in [0.15, 0.2) is 11.6 Å². The Morgan fingerprint density at radius 2 is 0.922 bits per heavy atom. The third kappa shape index (κ3) is 17.2. The topological polar surface area (TPSA) is 155 Å². The molecule has 0 spiro atoms. The molecule has 284 valence electrons. The quantitative estimate of drug-likeness (QED) is 0.0659. The van der Waals surface area contributed by atoms with Crippen molar-refractivity contribution >= 4 is 58.2 Å². The molecule has 11 heteroatoms. The van der Waals surface area contributed by atoms with E-state index in [1.807, 2.05) is 13.8 Å². The number of rotatable bonds is 16. The number of amides is 4. The van der Waals surface area contributed by atoms with Gasteiger partial charge in [0, 0.05) is 12.8 Å². The molecule has 10 nitrogen and oxygen atoms in total. The molecule has 2 saturated heterocycles. The molecular formula is C40H64MgN2O8. The number of hydrogen-bond acceptors (Lipinski definition) is 8. The summed E-state index contributed by atoms with van der Waals surface area (Å²) in [6.45, 7) is 20.0. The van der Waals surface area contributed by atoms with Crippen molar-refractivity contribution < 1.29 is 39.0 Å². The smallest absolute Gasteiger partial charge is 0.875 e. The first-order chi connectivity index (χ1) is 23.1. The van der Waals surface area contributed by atoms with Crippen LogP contribution in [-0.2, 0) is 28.8 Å². The Kier molecular flexibility index (Phi) is 21.4. The first kappa shape index (κ1) is 48.5. The van der Waals surface area contributed by atoms with E-state index in [4.69, 9.17) is 0 Å². The molecular weight excluding hydrogens is 661 g/mol. The van der Waals surface area contributed by atoms with Crippen LogP contribution in [0.5, 0.6) is 0 Å². The second-order valence-corrected chi connectivity index (χ2v) is 16.8. The summed E-state index contributed by atoms with van der Waals surface area (Å²) in [6, 6.07) is 0. The van der Waals surface area contributed by atoms with E-state index < -0.39 is 34.9 Å². The molecule has 2 fully saturated rings. The van der Waals surface area contributed by atoms with Crippen LogP contribution in [0.15, 0.2) is 22.7 Å². The zero-order valence-electron chi connectivity index (χ0n) is 33.3. The van der Waals surface area contributed by atoms with Crippen molar-refractivity contribution in [2.75, 3.05) is 13.1 Å². The fraction of sp³-hybridized carbons (Fsp3) is 0.750. The Hall–Kier alpha value is -2.53. The number of carbonyl (C=O) groups is 6. The van der Waals surface area contributed by atoms with E-state index in [2.05, 4.69) is 55.4 Å². The number of ketones is 2. The van der Waals surface area contributed by atoms with E-state index in [0.717, 1.165) is 61.2 Å². The van der Waals surface area contributed by atoms with Gasteiger partial charge in [-0.1, -0.05) is 108 Å². The Morgan fingerprint density at radius 1 is 0.608 bits per heavy atom. The standard InChI is InChI=1S/2C20H33NO4.Mg/c2*1-6-7-8-9-10-17(24)21-13-16(23)18(19(21)25)15(22)11-14(2)12-20(3,4)5;/h2*14,22H,6-13H2,1-5H3;/q;;+2/p-2/b2*18-15-;. The first-order valence-corrected chi connectivity index (χ1v) is 18.7. The average molecular weight is 725 g/mol. The van der Waals surface area contributed by atoms with Crippen molar-refractivity contribution in [3.8, 4) is 0 Å². The summed E-state index contributed by atoms with van der Waals surface area (Å²) in [6.07, 6.45) is 9.98. The minimum absolute atomic E-state index is 0. The van der Waals surface area contributed by atoms with E-state index in [1.54, 1.807) is 0 Å². The van der Waals surface area contributed by atoms with Gasteiger partial charge in [0.2, 0.25) is 11.8 Å². The fourth-order valence-corrected chi connectivity index (χ4v) is 6.80. The summed E-state index contributed by atoms with van der Waals surface area (Å²) in [5, 5.41) is 24.8. The van der Waals surface area contributed by atoms with Gasteiger partial charge in [-0.25, -0.2) is 0 Å². The van der Waals surface area contributed by atoms with Gasteiger partial charge in [0.1, 0.15) is 0 Å². The normalized spacial score (nSPS) is 18.3. The second kappa shape index (κ2) is 22.5. The fourth-order valence-electron chi connectivity index (χ4n) is 6.80. The number of hydrogen-bond donors (Lipinski definition) is 0. The first-order valence-electron chi connectivity index (χ1n) is 18.7. The summed E-state index contributed by atoms with van der Waals surface area (Å²) in [7, 11) is 0. The minimum atomic E-state index is -0.696. The van der Waals surface area contributed by atoms with Crippen molar-refractivity contribution in [3.63, 3.8) is 0 Å². The van der Waals surface area contributed by atoms with Crippen molar-refractivity contribution in [2.24, 2.45) is 22.7 Å². The molecule has 0 saturated carbocycles. The van der Waals surface area contributed by atoms with Gasteiger partial charge in [-0.05, 0) is 61.2 Å². The maximum atomic E-state index is 12.4. The largest absolute Gasteiger partial charge is 2.00 e. The summed E-state index contributed by atoms with van der Waals surface area (Å²) < 4.78 is 0. The maximum Gasteiger partial charge on any atom is 2.00 e. The monoisotopic (exact) mass is 724 g/mol. The SMILES string of the molecule is CCCCCCC(=O)N1CC(=O)/C(=C(/[O-])CC(C)CC(C)(C)C)C1=O.CCCCCCC(=O)N1CC(=O)/C(=C(/[O-])CC(C)CC(C)(C)C)C1=O.[Mg+2]. The molecule has 0 N–H and O–H groups in total. The van der Waals surface area contributed by atoms with Gasteiger partial charge >= 0.3 is 23.1 Å². The van der Waals surface area contributed by atoms with Crippen molar-refractivity contribution in [1.82, 2.24) is 9.80 Å². The zero-order valence-corrected chi connectivity index (χ0v) is 34.8. The molecule has 2 aliphatic rings. The minimum Gasteiger partial charge on any atom is -0.875 e. The van der Waals surface area contributed by atoms with Crippen LogP contribution in [0, 0.1) is 22.7 Å². The van der Waals surface area contributed by atoms with Gasteiger partial charge in [-0.15, -0.1) is 11.5 Å². The molecule has 2 unspecified atom stereocenters. The third-order valence-electron chi connectivity index (χ3n) is 8.72. The second-order valence-electron chi connectivity index (χ2n) is 16.8. The third-order valence-corrected chi connectivity index (χ3v) is 8.72. The summed E-state index contributed by atoms with van der Waals surface area (Å²) in [5.74, 6) is -3.79. The van der Waals surface area contributed by atoms with E-state index in [0.29, 0.717) is 12.8 Å². The number of imide groups is 2. The predicted molar refractivity (Wildman–Crippen MR) is 196 cm³/mol. The van der Waals surface area contributed by atoms with Gasteiger partial charge in [0.05, 0.1) is 24.2 Å². The van der Waals surface area contributed by atoms with Crippen molar-refractivity contribution in [3.05, 3.63) is 22.7 Å². The summed E-state index contributed by atoms with van der Waals surface area (Å²) >= 11 is 0. The molecule has 0 aromatic heterocycles. The van der Waals surface area contributed by atoms with Crippen molar-refractivity contribution in [1.29, 1.82) is 0 Å². The van der Waals surface area contributed by atoms with Crippen LogP contribution in [0.2, 0.25) is 0 Å². The number of allylic oxidation sites excluding steroid dienone is 2. The van der Waals surface area contributed by atoms with Crippen LogP contribution >= 0.6 is 0 Å². The molecule has 4 amide bonds. The van der Waals surface area contributed by atoms with Gasteiger partial charge in [-0.3, -0.25) is 38.6 Å². The number of Topliss-reactive ketones (excluding diaryl/α,β-unsaturated/α-hetero) is 2. The number of likely N-dealkylation sites (tertiary alicyclic amines) is 2. The molecule has 51 heavy (non-hydrogen) atoms. The van der Waals surface area contributed by atoms with E-state index in [1.165, 1.54) is 0 Å².